The van der Waals surface area contributed by atoms with Crippen LogP contribution >= 0.6 is 0 Å². The summed E-state index contributed by atoms with van der Waals surface area (Å²) in [5, 5.41) is 2.70. The fraction of sp³-hybridized carbons (Fsp3) is 0.630. The Morgan fingerprint density at radius 1 is 1.05 bits per heavy atom. The Balaban J connectivity index is 1.40. The number of fused-ring (bicyclic) bond motifs is 1. The molecule has 1 N–H and O–H groups in total. The molecule has 11 heteroatoms. The van der Waals surface area contributed by atoms with E-state index >= 15 is 0 Å². The van der Waals surface area contributed by atoms with Gasteiger partial charge in [0, 0.05) is 11.7 Å². The van der Waals surface area contributed by atoms with Crippen molar-refractivity contribution in [2.75, 3.05) is 4.90 Å². The number of aromatic nitrogens is 1. The molecule has 3 atom stereocenters. The van der Waals surface area contributed by atoms with Gasteiger partial charge in [-0.3, -0.25) is 19.4 Å². The molecule has 1 aromatic rings. The summed E-state index contributed by atoms with van der Waals surface area (Å²) in [6.07, 6.45) is 5.36. The smallest absolute Gasteiger partial charge is 0.408 e. The van der Waals surface area contributed by atoms with Gasteiger partial charge in [0.05, 0.1) is 11.9 Å². The number of nitrogens with one attached hydrogen (secondary N) is 1. The summed E-state index contributed by atoms with van der Waals surface area (Å²) in [5.41, 5.74) is -0.856. The molecule has 0 bridgehead atoms. The van der Waals surface area contributed by atoms with Crippen LogP contribution in [0.4, 0.5) is 15.3 Å². The van der Waals surface area contributed by atoms with Crippen molar-refractivity contribution in [3.8, 4) is 0 Å². The molecule has 11 nitrogen and oxygen atoms in total. The first-order chi connectivity index (χ1) is 17.9. The number of amides is 6. The number of aryl methyl sites for hydroxylation is 1. The molecule has 204 valence electrons. The third kappa shape index (κ3) is 4.52. The van der Waals surface area contributed by atoms with E-state index in [1.54, 1.807) is 44.7 Å². The number of rotatable bonds is 3. The fourth-order valence-corrected chi connectivity index (χ4v) is 5.86. The van der Waals surface area contributed by atoms with Crippen molar-refractivity contribution in [2.24, 2.45) is 0 Å². The summed E-state index contributed by atoms with van der Waals surface area (Å²) in [7, 11) is 0. The maximum absolute atomic E-state index is 14.0. The predicted molar refractivity (Wildman–Crippen MR) is 136 cm³/mol. The number of alkyl carbamates (subject to hydrolysis) is 1. The molecule has 3 saturated heterocycles. The lowest BCUT2D eigenvalue weighted by Crippen LogP contribution is -2.58. The number of pyridine rings is 1. The lowest BCUT2D eigenvalue weighted by Gasteiger charge is -2.36. The molecule has 38 heavy (non-hydrogen) atoms. The van der Waals surface area contributed by atoms with Crippen molar-refractivity contribution in [3.63, 3.8) is 0 Å². The normalized spacial score (nSPS) is 26.8. The molecule has 4 aliphatic rings. The van der Waals surface area contributed by atoms with Crippen LogP contribution in [0.5, 0.6) is 0 Å². The SMILES string of the molecule is Cc1ccc(N2C(=O)N(C(=O)[C@@H]3CC[C@@H]4CCCC[C@H](NC(=O)OC(C)(C)C)C(=O)N43)C3(CC3)C2=O)cn1. The van der Waals surface area contributed by atoms with Crippen molar-refractivity contribution in [3.05, 3.63) is 24.0 Å². The van der Waals surface area contributed by atoms with Crippen LogP contribution in [-0.4, -0.2) is 73.9 Å². The quantitative estimate of drug-likeness (QED) is 0.601. The molecule has 0 unspecified atom stereocenters. The highest BCUT2D eigenvalue weighted by Crippen LogP contribution is 2.50. The number of nitrogens with zero attached hydrogens (tertiary/aromatic N) is 4. The van der Waals surface area contributed by atoms with Crippen LogP contribution in [-0.2, 0) is 19.1 Å². The van der Waals surface area contributed by atoms with E-state index in [4.69, 9.17) is 4.74 Å². The maximum atomic E-state index is 14.0. The van der Waals surface area contributed by atoms with Gasteiger partial charge in [0.15, 0.2) is 0 Å². The minimum absolute atomic E-state index is 0.166. The topological polar surface area (TPSA) is 129 Å². The number of imide groups is 2. The Labute approximate surface area is 221 Å². The number of hydrogen-bond acceptors (Lipinski definition) is 7. The van der Waals surface area contributed by atoms with E-state index in [0.29, 0.717) is 37.8 Å². The molecule has 0 aromatic carbocycles. The second-order valence-electron chi connectivity index (χ2n) is 11.8. The van der Waals surface area contributed by atoms with Crippen LogP contribution in [0.25, 0.3) is 0 Å². The van der Waals surface area contributed by atoms with Gasteiger partial charge in [-0.05, 0) is 78.4 Å². The summed E-state index contributed by atoms with van der Waals surface area (Å²) >= 11 is 0. The van der Waals surface area contributed by atoms with Gasteiger partial charge in [-0.2, -0.15) is 0 Å². The van der Waals surface area contributed by atoms with Crippen molar-refractivity contribution in [1.82, 2.24) is 20.1 Å². The first-order valence-corrected chi connectivity index (χ1v) is 13.4. The van der Waals surface area contributed by atoms with Crippen LogP contribution in [0.3, 0.4) is 0 Å². The Bertz CT molecular complexity index is 1170. The zero-order chi connectivity index (χ0) is 27.4. The molecule has 6 amide bonds. The van der Waals surface area contributed by atoms with E-state index in [1.807, 2.05) is 0 Å². The number of anilines is 1. The molecule has 1 aromatic heterocycles. The molecule has 3 aliphatic heterocycles. The molecule has 4 heterocycles. The fourth-order valence-electron chi connectivity index (χ4n) is 5.86. The third-order valence-corrected chi connectivity index (χ3v) is 7.82. The number of carbonyl (C=O) groups is 5. The number of urea groups is 1. The Hall–Kier alpha value is -3.50. The number of hydrogen-bond donors (Lipinski definition) is 1. The number of carbonyl (C=O) groups excluding carboxylic acids is 5. The highest BCUT2D eigenvalue weighted by Gasteiger charge is 2.68. The Kier molecular flexibility index (Phi) is 6.43. The number of ether oxygens (including phenoxy) is 1. The van der Waals surface area contributed by atoms with Crippen molar-refractivity contribution >= 4 is 35.5 Å². The van der Waals surface area contributed by atoms with Gasteiger partial charge in [0.1, 0.15) is 23.2 Å². The van der Waals surface area contributed by atoms with E-state index in [1.165, 1.54) is 6.20 Å². The zero-order valence-electron chi connectivity index (χ0n) is 22.4. The van der Waals surface area contributed by atoms with Gasteiger partial charge in [-0.15, -0.1) is 0 Å². The molecular formula is C27H35N5O6. The zero-order valence-corrected chi connectivity index (χ0v) is 22.4. The second-order valence-corrected chi connectivity index (χ2v) is 11.8. The predicted octanol–water partition coefficient (Wildman–Crippen LogP) is 3.04. The molecule has 4 fully saturated rings. The maximum Gasteiger partial charge on any atom is 0.408 e. The second kappa shape index (κ2) is 9.36. The molecule has 1 spiro atoms. The summed E-state index contributed by atoms with van der Waals surface area (Å²) in [5.74, 6) is -1.31. The molecule has 5 rings (SSSR count). The molecular weight excluding hydrogens is 490 g/mol. The van der Waals surface area contributed by atoms with E-state index in [0.717, 1.165) is 34.8 Å². The first-order valence-electron chi connectivity index (χ1n) is 13.4. The van der Waals surface area contributed by atoms with Crippen LogP contribution in [0.2, 0.25) is 0 Å². The first kappa shape index (κ1) is 26.1. The van der Waals surface area contributed by atoms with E-state index in [-0.39, 0.29) is 11.9 Å². The summed E-state index contributed by atoms with van der Waals surface area (Å²) in [6, 6.07) is 0.775. The minimum atomic E-state index is -1.20. The third-order valence-electron chi connectivity index (χ3n) is 7.82. The van der Waals surface area contributed by atoms with E-state index in [2.05, 4.69) is 10.3 Å². The van der Waals surface area contributed by atoms with Crippen molar-refractivity contribution in [2.45, 2.75) is 108 Å². The van der Waals surface area contributed by atoms with Crippen molar-refractivity contribution in [1.29, 1.82) is 0 Å². The lowest BCUT2D eigenvalue weighted by atomic mass is 9.99. The highest BCUT2D eigenvalue weighted by molar-refractivity contribution is 6.29. The summed E-state index contributed by atoms with van der Waals surface area (Å²) in [6.45, 7) is 7.04. The van der Waals surface area contributed by atoms with Gasteiger partial charge in [-0.25, -0.2) is 19.4 Å². The summed E-state index contributed by atoms with van der Waals surface area (Å²) < 4.78 is 5.36. The van der Waals surface area contributed by atoms with E-state index in [9.17, 15) is 24.0 Å². The Morgan fingerprint density at radius 3 is 2.39 bits per heavy atom. The van der Waals surface area contributed by atoms with Gasteiger partial charge in [0.2, 0.25) is 5.91 Å². The van der Waals surface area contributed by atoms with Gasteiger partial charge in [-0.1, -0.05) is 12.8 Å². The highest BCUT2D eigenvalue weighted by atomic mass is 16.6. The van der Waals surface area contributed by atoms with Crippen LogP contribution in [0.1, 0.15) is 77.8 Å². The standard InChI is InChI=1S/C27H35N5O6/c1-16-9-10-18(15-28-16)31-23(35)27(13-14-27)32(25(31)37)22(34)20-12-11-17-7-5-6-8-19(21(33)30(17)20)29-24(36)38-26(2,3)4/h9-10,15,17,19-20H,5-8,11-14H2,1-4H3,(H,29,36)/t17-,19-,20-/m0/s1. The molecule has 1 aliphatic carbocycles. The average Bonchev–Trinajstić information content (AvgIpc) is 3.46. The lowest BCUT2D eigenvalue weighted by molar-refractivity contribution is -0.147. The van der Waals surface area contributed by atoms with Gasteiger partial charge >= 0.3 is 12.1 Å². The van der Waals surface area contributed by atoms with E-state index < -0.39 is 47.2 Å². The largest absolute Gasteiger partial charge is 0.444 e. The minimum Gasteiger partial charge on any atom is -0.444 e. The van der Waals surface area contributed by atoms with Gasteiger partial charge in [0.25, 0.3) is 11.8 Å². The van der Waals surface area contributed by atoms with Crippen LogP contribution in [0, 0.1) is 6.92 Å². The summed E-state index contributed by atoms with van der Waals surface area (Å²) in [4.78, 5) is 75.1. The van der Waals surface area contributed by atoms with Crippen LogP contribution in [0.15, 0.2) is 18.3 Å². The van der Waals surface area contributed by atoms with Crippen LogP contribution < -0.4 is 10.2 Å². The molecule has 1 saturated carbocycles. The monoisotopic (exact) mass is 525 g/mol. The van der Waals surface area contributed by atoms with Crippen molar-refractivity contribution < 1.29 is 28.7 Å². The average molecular weight is 526 g/mol. The van der Waals surface area contributed by atoms with Gasteiger partial charge < -0.3 is 15.0 Å². The Morgan fingerprint density at radius 2 is 1.76 bits per heavy atom. The molecule has 0 radical (unpaired) electrons.